The second kappa shape index (κ2) is 9.30. The zero-order valence-electron chi connectivity index (χ0n) is 21.7. The number of hydrogen-bond acceptors (Lipinski definition) is 6. The van der Waals surface area contributed by atoms with Crippen molar-refractivity contribution in [3.05, 3.63) is 47.8 Å². The van der Waals surface area contributed by atoms with Gasteiger partial charge in [0.2, 0.25) is 0 Å². The standard InChI is InChI=1S/C25H27F3N6O4/c1-14-9-16(25(26,27)28)10-20(30-14)34-19(13-33(22(34)36)23(37)38-24(2,3)4)21(35)31(5)17-8-7-15-12-29-32(6)18(15)11-17/h7-12,19H,13H2,1-6H3. The molecule has 4 amide bonds. The van der Waals surface area contributed by atoms with Crippen LogP contribution in [0.4, 0.5) is 34.3 Å². The highest BCUT2D eigenvalue weighted by molar-refractivity contribution is 6.11. The Morgan fingerprint density at radius 2 is 1.82 bits per heavy atom. The van der Waals surface area contributed by atoms with Crippen molar-refractivity contribution in [2.24, 2.45) is 7.05 Å². The molecule has 10 nitrogen and oxygen atoms in total. The number of hydrogen-bond donors (Lipinski definition) is 0. The van der Waals surface area contributed by atoms with Crippen LogP contribution in [0, 0.1) is 6.92 Å². The molecule has 1 aliphatic rings. The number of pyridine rings is 1. The van der Waals surface area contributed by atoms with Crippen molar-refractivity contribution in [3.63, 3.8) is 0 Å². The molecule has 3 heterocycles. The lowest BCUT2D eigenvalue weighted by Gasteiger charge is -2.27. The molecule has 0 saturated carbocycles. The van der Waals surface area contributed by atoms with Crippen LogP contribution in [-0.4, -0.2) is 62.9 Å². The molecule has 0 aliphatic carbocycles. The fourth-order valence-electron chi connectivity index (χ4n) is 4.14. The molecule has 2 aromatic heterocycles. The summed E-state index contributed by atoms with van der Waals surface area (Å²) in [6.07, 6.45) is -4.07. The van der Waals surface area contributed by atoms with Gasteiger partial charge >= 0.3 is 18.3 Å². The maximum atomic E-state index is 13.7. The molecule has 0 bridgehead atoms. The van der Waals surface area contributed by atoms with Crippen LogP contribution in [0.5, 0.6) is 0 Å². The first-order valence-electron chi connectivity index (χ1n) is 11.7. The van der Waals surface area contributed by atoms with Crippen molar-refractivity contribution in [2.45, 2.75) is 45.5 Å². The minimum absolute atomic E-state index is 0.0143. The molecule has 1 saturated heterocycles. The highest BCUT2D eigenvalue weighted by Gasteiger charge is 2.48. The van der Waals surface area contributed by atoms with Crippen molar-refractivity contribution in [3.8, 4) is 0 Å². The Kier molecular flexibility index (Phi) is 6.58. The Morgan fingerprint density at radius 1 is 1.13 bits per heavy atom. The molecule has 202 valence electrons. The molecule has 13 heteroatoms. The zero-order chi connectivity index (χ0) is 28.2. The zero-order valence-corrected chi connectivity index (χ0v) is 21.7. The predicted molar refractivity (Wildman–Crippen MR) is 133 cm³/mol. The van der Waals surface area contributed by atoms with Crippen LogP contribution in [0.15, 0.2) is 36.5 Å². The van der Waals surface area contributed by atoms with E-state index in [4.69, 9.17) is 4.74 Å². The van der Waals surface area contributed by atoms with E-state index < -0.39 is 53.8 Å². The van der Waals surface area contributed by atoms with E-state index in [0.29, 0.717) is 16.7 Å². The molecule has 4 rings (SSSR count). The van der Waals surface area contributed by atoms with E-state index in [-0.39, 0.29) is 5.69 Å². The van der Waals surface area contributed by atoms with E-state index in [1.165, 1.54) is 18.9 Å². The van der Waals surface area contributed by atoms with Crippen LogP contribution in [0.1, 0.15) is 32.0 Å². The monoisotopic (exact) mass is 532 g/mol. The SMILES string of the molecule is Cc1cc(C(F)(F)F)cc(N2C(=O)N(C(=O)OC(C)(C)C)CC2C(=O)N(C)c2ccc3cnn(C)c3c2)n1. The molecule has 1 unspecified atom stereocenters. The minimum Gasteiger partial charge on any atom is -0.443 e. The topological polar surface area (TPSA) is 101 Å². The quantitative estimate of drug-likeness (QED) is 0.492. The second-order valence-corrected chi connectivity index (χ2v) is 10.0. The average molecular weight is 533 g/mol. The Labute approximate surface area is 216 Å². The van der Waals surface area contributed by atoms with Crippen LogP contribution >= 0.6 is 0 Å². The van der Waals surface area contributed by atoms with Gasteiger partial charge in [-0.3, -0.25) is 14.4 Å². The minimum atomic E-state index is -4.72. The van der Waals surface area contributed by atoms with Crippen molar-refractivity contribution < 1.29 is 32.3 Å². The summed E-state index contributed by atoms with van der Waals surface area (Å²) < 4.78 is 47.6. The van der Waals surface area contributed by atoms with E-state index >= 15 is 0 Å². The van der Waals surface area contributed by atoms with Crippen LogP contribution in [0.3, 0.4) is 0 Å². The van der Waals surface area contributed by atoms with Crippen molar-refractivity contribution in [1.82, 2.24) is 19.7 Å². The smallest absolute Gasteiger partial charge is 0.418 e. The third-order valence-electron chi connectivity index (χ3n) is 5.97. The van der Waals surface area contributed by atoms with Gasteiger partial charge in [-0.1, -0.05) is 0 Å². The lowest BCUT2D eigenvalue weighted by molar-refractivity contribution is -0.137. The number of aromatic nitrogens is 3. The molecule has 0 spiro atoms. The van der Waals surface area contributed by atoms with Gasteiger partial charge in [-0.2, -0.15) is 18.3 Å². The van der Waals surface area contributed by atoms with Gasteiger partial charge in [0.15, 0.2) is 0 Å². The second-order valence-electron chi connectivity index (χ2n) is 10.0. The third-order valence-corrected chi connectivity index (χ3v) is 5.97. The van der Waals surface area contributed by atoms with Gasteiger partial charge in [0, 0.05) is 30.9 Å². The summed E-state index contributed by atoms with van der Waals surface area (Å²) in [5.41, 5.74) is -0.802. The number of alkyl halides is 3. The number of anilines is 2. The number of urea groups is 1. The van der Waals surface area contributed by atoms with Crippen LogP contribution < -0.4 is 9.80 Å². The van der Waals surface area contributed by atoms with E-state index in [9.17, 15) is 27.6 Å². The summed E-state index contributed by atoms with van der Waals surface area (Å²) in [5.74, 6) is -1.04. The number of aryl methyl sites for hydroxylation is 2. The number of ether oxygens (including phenoxy) is 1. The summed E-state index contributed by atoms with van der Waals surface area (Å²) in [7, 11) is 3.22. The molecule has 1 atom stereocenters. The molecule has 1 fully saturated rings. The van der Waals surface area contributed by atoms with Crippen molar-refractivity contribution >= 4 is 40.4 Å². The summed E-state index contributed by atoms with van der Waals surface area (Å²) in [5, 5.41) is 5.02. The number of carbonyl (C=O) groups is 3. The lowest BCUT2D eigenvalue weighted by Crippen LogP contribution is -2.47. The first-order chi connectivity index (χ1) is 17.6. The summed E-state index contributed by atoms with van der Waals surface area (Å²) in [6.45, 7) is 5.71. The van der Waals surface area contributed by atoms with Crippen molar-refractivity contribution in [2.75, 3.05) is 23.4 Å². The number of amides is 4. The first-order valence-corrected chi connectivity index (χ1v) is 11.7. The normalized spacial score (nSPS) is 16.3. The number of likely N-dealkylation sites (N-methyl/N-ethyl adjacent to an activating group) is 1. The molecule has 0 N–H and O–H groups in total. The highest BCUT2D eigenvalue weighted by Crippen LogP contribution is 2.34. The molecule has 3 aromatic rings. The van der Waals surface area contributed by atoms with E-state index in [1.807, 2.05) is 0 Å². The van der Waals surface area contributed by atoms with Crippen LogP contribution in [-0.2, 0) is 22.8 Å². The van der Waals surface area contributed by atoms with E-state index in [0.717, 1.165) is 21.9 Å². The van der Waals surface area contributed by atoms with Gasteiger partial charge in [0.05, 0.1) is 23.8 Å². The van der Waals surface area contributed by atoms with Crippen molar-refractivity contribution in [1.29, 1.82) is 0 Å². The van der Waals surface area contributed by atoms with Gasteiger partial charge in [-0.15, -0.1) is 0 Å². The maximum Gasteiger partial charge on any atom is 0.418 e. The molecular formula is C25H27F3N6O4. The first kappa shape index (κ1) is 26.9. The predicted octanol–water partition coefficient (Wildman–Crippen LogP) is 4.50. The highest BCUT2D eigenvalue weighted by atomic mass is 19.4. The number of halogens is 3. The van der Waals surface area contributed by atoms with E-state index in [2.05, 4.69) is 10.1 Å². The maximum absolute atomic E-state index is 13.7. The summed E-state index contributed by atoms with van der Waals surface area (Å²) >= 11 is 0. The molecule has 38 heavy (non-hydrogen) atoms. The number of fused-ring (bicyclic) bond motifs is 1. The number of benzene rings is 1. The number of rotatable bonds is 3. The fourth-order valence-corrected chi connectivity index (χ4v) is 4.14. The number of nitrogens with zero attached hydrogens (tertiary/aromatic N) is 6. The summed E-state index contributed by atoms with van der Waals surface area (Å²) in [4.78, 5) is 46.9. The van der Waals surface area contributed by atoms with Crippen LogP contribution in [0.25, 0.3) is 10.9 Å². The lowest BCUT2D eigenvalue weighted by atomic mass is 10.1. The Morgan fingerprint density at radius 3 is 2.45 bits per heavy atom. The van der Waals surface area contributed by atoms with E-state index in [1.54, 1.807) is 56.9 Å². The summed E-state index contributed by atoms with van der Waals surface area (Å²) in [6, 6.07) is 4.31. The van der Waals surface area contributed by atoms with Gasteiger partial charge in [-0.05, 0) is 58.0 Å². The Balaban J connectivity index is 1.76. The van der Waals surface area contributed by atoms with Crippen LogP contribution in [0.2, 0.25) is 0 Å². The van der Waals surface area contributed by atoms with Gasteiger partial charge < -0.3 is 9.64 Å². The Bertz CT molecular complexity index is 1430. The fraction of sp³-hybridized carbons (Fsp3) is 0.400. The number of imide groups is 1. The number of carbonyl (C=O) groups excluding carboxylic acids is 3. The third kappa shape index (κ3) is 5.13. The largest absolute Gasteiger partial charge is 0.443 e. The molecule has 1 aromatic carbocycles. The molecular weight excluding hydrogens is 505 g/mol. The van der Waals surface area contributed by atoms with Gasteiger partial charge in [-0.25, -0.2) is 19.5 Å². The average Bonchev–Trinajstić information content (AvgIpc) is 3.35. The Hall–Kier alpha value is -4.16. The van der Waals surface area contributed by atoms with Gasteiger partial charge in [0.1, 0.15) is 17.5 Å². The molecule has 1 aliphatic heterocycles. The van der Waals surface area contributed by atoms with Gasteiger partial charge in [0.25, 0.3) is 5.91 Å². The molecule has 0 radical (unpaired) electrons.